The molecule has 0 spiro atoms. The van der Waals surface area contributed by atoms with Crippen LogP contribution in [0, 0.1) is 0 Å². The molecule has 0 saturated heterocycles. The fraction of sp³-hybridized carbons (Fsp3) is 0.316. The third-order valence-electron chi connectivity index (χ3n) is 3.83. The number of amides is 1. The van der Waals surface area contributed by atoms with Crippen LogP contribution in [0.4, 0.5) is 0 Å². The van der Waals surface area contributed by atoms with Gasteiger partial charge in [0.25, 0.3) is 0 Å². The number of carbonyl (C=O) groups is 1. The Balaban J connectivity index is 1.41. The van der Waals surface area contributed by atoms with E-state index in [2.05, 4.69) is 5.32 Å². The first-order valence-electron chi connectivity index (χ1n) is 8.00. The highest BCUT2D eigenvalue weighted by atomic mass is 16.6. The van der Waals surface area contributed by atoms with Gasteiger partial charge in [-0.15, -0.1) is 0 Å². The van der Waals surface area contributed by atoms with Gasteiger partial charge in [-0.3, -0.25) is 4.79 Å². The lowest BCUT2D eigenvalue weighted by molar-refractivity contribution is -0.121. The van der Waals surface area contributed by atoms with E-state index in [-0.39, 0.29) is 5.91 Å². The van der Waals surface area contributed by atoms with Crippen molar-refractivity contribution in [1.29, 1.82) is 0 Å². The Morgan fingerprint density at radius 2 is 1.70 bits per heavy atom. The molecule has 4 heteroatoms. The Hall–Kier alpha value is -2.49. The maximum Gasteiger partial charge on any atom is 0.220 e. The highest BCUT2D eigenvalue weighted by Gasteiger charge is 2.11. The molecule has 1 amide bonds. The lowest BCUT2D eigenvalue weighted by Gasteiger charge is -2.18. The molecule has 1 aliphatic rings. The first-order valence-corrected chi connectivity index (χ1v) is 8.00. The van der Waals surface area contributed by atoms with Crippen molar-refractivity contribution >= 4 is 5.91 Å². The van der Waals surface area contributed by atoms with E-state index in [0.29, 0.717) is 26.2 Å². The average molecular weight is 311 g/mol. The molecule has 0 atom stereocenters. The maximum absolute atomic E-state index is 11.9. The van der Waals surface area contributed by atoms with Gasteiger partial charge in [-0.25, -0.2) is 0 Å². The number of fused-ring (bicyclic) bond motifs is 1. The second-order valence-corrected chi connectivity index (χ2v) is 5.56. The first-order chi connectivity index (χ1) is 11.3. The molecule has 0 radical (unpaired) electrons. The molecule has 0 aromatic heterocycles. The summed E-state index contributed by atoms with van der Waals surface area (Å²) in [6, 6.07) is 16.0. The van der Waals surface area contributed by atoms with Crippen molar-refractivity contribution in [3.63, 3.8) is 0 Å². The average Bonchev–Trinajstić information content (AvgIpc) is 2.61. The smallest absolute Gasteiger partial charge is 0.220 e. The van der Waals surface area contributed by atoms with Crippen LogP contribution >= 0.6 is 0 Å². The number of nitrogens with one attached hydrogen (secondary N) is 1. The second-order valence-electron chi connectivity index (χ2n) is 5.56. The Bertz CT molecular complexity index is 655. The monoisotopic (exact) mass is 311 g/mol. The number of ether oxygens (including phenoxy) is 2. The van der Waals surface area contributed by atoms with Crippen molar-refractivity contribution in [2.24, 2.45) is 0 Å². The number of carbonyl (C=O) groups excluding carboxylic acids is 1. The first kappa shape index (κ1) is 15.4. The van der Waals surface area contributed by atoms with Crippen molar-refractivity contribution in [1.82, 2.24) is 5.32 Å². The zero-order valence-electron chi connectivity index (χ0n) is 13.1. The highest BCUT2D eigenvalue weighted by Crippen LogP contribution is 2.30. The lowest BCUT2D eigenvalue weighted by atomic mass is 10.1. The Kier molecular flexibility index (Phi) is 5.14. The number of benzene rings is 2. The summed E-state index contributed by atoms with van der Waals surface area (Å²) < 4.78 is 11.1. The molecule has 4 nitrogen and oxygen atoms in total. The normalized spacial score (nSPS) is 12.7. The predicted molar refractivity (Wildman–Crippen MR) is 88.9 cm³/mol. The quantitative estimate of drug-likeness (QED) is 0.892. The van der Waals surface area contributed by atoms with E-state index >= 15 is 0 Å². The van der Waals surface area contributed by atoms with Crippen molar-refractivity contribution in [2.75, 3.05) is 19.8 Å². The van der Waals surface area contributed by atoms with E-state index in [1.54, 1.807) is 0 Å². The predicted octanol–water partition coefficient (Wildman–Crippen LogP) is 2.75. The van der Waals surface area contributed by atoms with E-state index in [1.807, 2.05) is 48.5 Å². The topological polar surface area (TPSA) is 47.6 Å². The van der Waals surface area contributed by atoms with Gasteiger partial charge >= 0.3 is 0 Å². The number of aryl methyl sites for hydroxylation is 1. The minimum atomic E-state index is 0.0893. The van der Waals surface area contributed by atoms with Crippen molar-refractivity contribution in [3.05, 3.63) is 59.7 Å². The Morgan fingerprint density at radius 3 is 2.52 bits per heavy atom. The van der Waals surface area contributed by atoms with Crippen LogP contribution in [0.1, 0.15) is 17.5 Å². The number of hydrogen-bond acceptors (Lipinski definition) is 3. The van der Waals surface area contributed by atoms with Crippen LogP contribution in [0.3, 0.4) is 0 Å². The Morgan fingerprint density at radius 1 is 0.913 bits per heavy atom. The summed E-state index contributed by atoms with van der Waals surface area (Å²) >= 11 is 0. The lowest BCUT2D eigenvalue weighted by Crippen LogP contribution is -2.26. The molecule has 2 aromatic rings. The Labute approximate surface area is 136 Å². The van der Waals surface area contributed by atoms with Crippen molar-refractivity contribution < 1.29 is 14.3 Å². The minimum absolute atomic E-state index is 0.0893. The SMILES string of the molecule is O=C(CCc1ccccc1)NCCc1ccc2c(c1)OCCO2. The van der Waals surface area contributed by atoms with Crippen LogP contribution in [-0.4, -0.2) is 25.7 Å². The molecule has 1 aliphatic heterocycles. The molecule has 0 unspecified atom stereocenters. The molecular weight excluding hydrogens is 290 g/mol. The van der Waals surface area contributed by atoms with E-state index in [4.69, 9.17) is 9.47 Å². The molecule has 0 fully saturated rings. The van der Waals surface area contributed by atoms with Gasteiger partial charge in [-0.1, -0.05) is 36.4 Å². The summed E-state index contributed by atoms with van der Waals surface area (Å²) in [5, 5.41) is 2.97. The van der Waals surface area contributed by atoms with Crippen LogP contribution in [-0.2, 0) is 17.6 Å². The zero-order valence-corrected chi connectivity index (χ0v) is 13.1. The third-order valence-corrected chi connectivity index (χ3v) is 3.83. The van der Waals surface area contributed by atoms with Crippen LogP contribution in [0.5, 0.6) is 11.5 Å². The molecule has 120 valence electrons. The van der Waals surface area contributed by atoms with E-state index in [0.717, 1.165) is 29.9 Å². The number of rotatable bonds is 6. The van der Waals surface area contributed by atoms with Gasteiger partial charge in [0.1, 0.15) is 13.2 Å². The van der Waals surface area contributed by atoms with Crippen LogP contribution < -0.4 is 14.8 Å². The summed E-state index contributed by atoms with van der Waals surface area (Å²) in [6.07, 6.45) is 2.08. The zero-order chi connectivity index (χ0) is 15.9. The standard InChI is InChI=1S/C19H21NO3/c21-19(9-7-15-4-2-1-3-5-15)20-11-10-16-6-8-17-18(14-16)23-13-12-22-17/h1-6,8,14H,7,9-13H2,(H,20,21). The largest absolute Gasteiger partial charge is 0.486 e. The van der Waals surface area contributed by atoms with E-state index in [1.165, 1.54) is 5.56 Å². The molecule has 0 saturated carbocycles. The summed E-state index contributed by atoms with van der Waals surface area (Å²) in [7, 11) is 0. The van der Waals surface area contributed by atoms with Gasteiger partial charge in [0, 0.05) is 13.0 Å². The van der Waals surface area contributed by atoms with Crippen LogP contribution in [0.25, 0.3) is 0 Å². The van der Waals surface area contributed by atoms with Gasteiger partial charge in [0.2, 0.25) is 5.91 Å². The van der Waals surface area contributed by atoms with Gasteiger partial charge in [-0.2, -0.15) is 0 Å². The highest BCUT2D eigenvalue weighted by molar-refractivity contribution is 5.76. The second kappa shape index (κ2) is 7.68. The van der Waals surface area contributed by atoms with E-state index < -0.39 is 0 Å². The maximum atomic E-state index is 11.9. The fourth-order valence-electron chi connectivity index (χ4n) is 2.58. The van der Waals surface area contributed by atoms with Gasteiger partial charge in [-0.05, 0) is 36.1 Å². The molecule has 3 rings (SSSR count). The summed E-state index contributed by atoms with van der Waals surface area (Å²) in [5.41, 5.74) is 2.33. The summed E-state index contributed by atoms with van der Waals surface area (Å²) in [6.45, 7) is 1.82. The van der Waals surface area contributed by atoms with Gasteiger partial charge < -0.3 is 14.8 Å². The van der Waals surface area contributed by atoms with Gasteiger partial charge in [0.15, 0.2) is 11.5 Å². The minimum Gasteiger partial charge on any atom is -0.486 e. The molecule has 1 N–H and O–H groups in total. The van der Waals surface area contributed by atoms with Crippen molar-refractivity contribution in [3.8, 4) is 11.5 Å². The van der Waals surface area contributed by atoms with Crippen molar-refractivity contribution in [2.45, 2.75) is 19.3 Å². The summed E-state index contributed by atoms with van der Waals surface area (Å²) in [4.78, 5) is 11.9. The van der Waals surface area contributed by atoms with Gasteiger partial charge in [0.05, 0.1) is 0 Å². The van der Waals surface area contributed by atoms with Crippen LogP contribution in [0.15, 0.2) is 48.5 Å². The fourth-order valence-corrected chi connectivity index (χ4v) is 2.58. The summed E-state index contributed by atoms with van der Waals surface area (Å²) in [5.74, 6) is 1.68. The molecule has 1 heterocycles. The van der Waals surface area contributed by atoms with Crippen LogP contribution in [0.2, 0.25) is 0 Å². The van der Waals surface area contributed by atoms with E-state index in [9.17, 15) is 4.79 Å². The molecule has 0 bridgehead atoms. The third kappa shape index (κ3) is 4.49. The number of hydrogen-bond donors (Lipinski definition) is 1. The molecule has 23 heavy (non-hydrogen) atoms. The molecule has 2 aromatic carbocycles. The molecule has 0 aliphatic carbocycles. The molecular formula is C19H21NO3.